The SMILES string of the molecule is CCP(=O)(OC)c1ccc2oc(-c3ccnc(C(F)(F)F)c3)nc2c1. The maximum Gasteiger partial charge on any atom is 0.433 e. The Morgan fingerprint density at radius 1 is 1.24 bits per heavy atom. The van der Waals surface area contributed by atoms with Crippen molar-refractivity contribution in [3.63, 3.8) is 0 Å². The van der Waals surface area contributed by atoms with Crippen molar-refractivity contribution in [1.82, 2.24) is 9.97 Å². The van der Waals surface area contributed by atoms with E-state index in [2.05, 4.69) is 9.97 Å². The fourth-order valence-electron chi connectivity index (χ4n) is 2.39. The van der Waals surface area contributed by atoms with Gasteiger partial charge in [-0.2, -0.15) is 13.2 Å². The molecule has 5 nitrogen and oxygen atoms in total. The normalized spacial score (nSPS) is 14.6. The molecule has 0 saturated carbocycles. The van der Waals surface area contributed by atoms with Crippen molar-refractivity contribution in [2.24, 2.45) is 0 Å². The van der Waals surface area contributed by atoms with E-state index in [4.69, 9.17) is 8.94 Å². The van der Waals surface area contributed by atoms with Gasteiger partial charge in [-0.15, -0.1) is 0 Å². The van der Waals surface area contributed by atoms with Gasteiger partial charge >= 0.3 is 6.18 Å². The summed E-state index contributed by atoms with van der Waals surface area (Å²) in [5.74, 6) is 0.0313. The number of pyridine rings is 1. The van der Waals surface area contributed by atoms with Crippen LogP contribution in [0.15, 0.2) is 40.9 Å². The van der Waals surface area contributed by atoms with E-state index < -0.39 is 19.2 Å². The van der Waals surface area contributed by atoms with Gasteiger partial charge in [-0.1, -0.05) is 6.92 Å². The molecule has 0 N–H and O–H groups in total. The molecule has 25 heavy (non-hydrogen) atoms. The highest BCUT2D eigenvalue weighted by Gasteiger charge is 2.33. The Labute approximate surface area is 141 Å². The molecule has 0 amide bonds. The Morgan fingerprint density at radius 3 is 2.64 bits per heavy atom. The van der Waals surface area contributed by atoms with Crippen LogP contribution in [0.1, 0.15) is 12.6 Å². The second-order valence-electron chi connectivity index (χ2n) is 5.27. The first-order chi connectivity index (χ1) is 11.8. The molecule has 0 bridgehead atoms. The summed E-state index contributed by atoms with van der Waals surface area (Å²) in [4.78, 5) is 7.52. The summed E-state index contributed by atoms with van der Waals surface area (Å²) in [6, 6.07) is 7.01. The van der Waals surface area contributed by atoms with Crippen LogP contribution in [0.5, 0.6) is 0 Å². The lowest BCUT2D eigenvalue weighted by Gasteiger charge is -2.13. The molecule has 0 radical (unpaired) electrons. The maximum absolute atomic E-state index is 12.8. The van der Waals surface area contributed by atoms with Crippen LogP contribution in [0.3, 0.4) is 0 Å². The monoisotopic (exact) mass is 370 g/mol. The fraction of sp³-hybridized carbons (Fsp3) is 0.250. The van der Waals surface area contributed by atoms with Gasteiger partial charge in [0.1, 0.15) is 11.2 Å². The average Bonchev–Trinajstić information content (AvgIpc) is 3.03. The van der Waals surface area contributed by atoms with Crippen LogP contribution in [0.25, 0.3) is 22.6 Å². The van der Waals surface area contributed by atoms with E-state index in [1.165, 1.54) is 13.2 Å². The molecule has 1 atom stereocenters. The van der Waals surface area contributed by atoms with Crippen LogP contribution in [0, 0.1) is 0 Å². The van der Waals surface area contributed by atoms with Crippen molar-refractivity contribution in [3.8, 4) is 11.5 Å². The highest BCUT2D eigenvalue weighted by Crippen LogP contribution is 2.44. The Hall–Kier alpha value is -2.18. The molecule has 2 aromatic heterocycles. The van der Waals surface area contributed by atoms with Crippen LogP contribution < -0.4 is 5.30 Å². The maximum atomic E-state index is 12.8. The summed E-state index contributed by atoms with van der Waals surface area (Å²) >= 11 is 0. The predicted molar refractivity (Wildman–Crippen MR) is 87.0 cm³/mol. The number of nitrogens with zero attached hydrogens (tertiary/aromatic N) is 2. The highest BCUT2D eigenvalue weighted by atomic mass is 31.2. The zero-order chi connectivity index (χ0) is 18.2. The molecule has 3 aromatic rings. The molecule has 9 heteroatoms. The number of halogens is 3. The van der Waals surface area contributed by atoms with Gasteiger partial charge in [-0.3, -0.25) is 9.55 Å². The van der Waals surface area contributed by atoms with Crippen molar-refractivity contribution in [2.75, 3.05) is 13.3 Å². The average molecular weight is 370 g/mol. The van der Waals surface area contributed by atoms with E-state index in [0.29, 0.717) is 22.6 Å². The lowest BCUT2D eigenvalue weighted by molar-refractivity contribution is -0.141. The fourth-order valence-corrected chi connectivity index (χ4v) is 3.84. The van der Waals surface area contributed by atoms with E-state index in [1.807, 2.05) is 0 Å². The second kappa shape index (κ2) is 6.28. The number of hydrogen-bond donors (Lipinski definition) is 0. The first-order valence-corrected chi connectivity index (χ1v) is 9.17. The molecular formula is C16H14F3N2O3P. The summed E-state index contributed by atoms with van der Waals surface area (Å²) < 4.78 is 61.6. The third-order valence-electron chi connectivity index (χ3n) is 3.77. The van der Waals surface area contributed by atoms with E-state index >= 15 is 0 Å². The topological polar surface area (TPSA) is 65.2 Å². The minimum atomic E-state index is -4.55. The van der Waals surface area contributed by atoms with Crippen LogP contribution in [0.2, 0.25) is 0 Å². The van der Waals surface area contributed by atoms with Gasteiger partial charge in [0.2, 0.25) is 13.3 Å². The van der Waals surface area contributed by atoms with Crippen molar-refractivity contribution in [1.29, 1.82) is 0 Å². The third kappa shape index (κ3) is 3.32. The number of rotatable bonds is 4. The Balaban J connectivity index is 2.07. The van der Waals surface area contributed by atoms with E-state index in [-0.39, 0.29) is 11.5 Å². The molecule has 3 rings (SSSR count). The van der Waals surface area contributed by atoms with Crippen molar-refractivity contribution >= 4 is 23.8 Å². The first-order valence-electron chi connectivity index (χ1n) is 7.36. The third-order valence-corrected chi connectivity index (χ3v) is 6.26. The molecule has 0 saturated heterocycles. The molecule has 0 aliphatic rings. The van der Waals surface area contributed by atoms with Crippen LogP contribution in [0.4, 0.5) is 13.2 Å². The number of alkyl halides is 3. The van der Waals surface area contributed by atoms with Gasteiger partial charge in [0.05, 0.1) is 0 Å². The molecule has 1 unspecified atom stereocenters. The van der Waals surface area contributed by atoms with E-state index in [0.717, 1.165) is 12.3 Å². The summed E-state index contributed by atoms with van der Waals surface area (Å²) in [6.45, 7) is 1.75. The van der Waals surface area contributed by atoms with Crippen LogP contribution in [-0.4, -0.2) is 23.2 Å². The minimum Gasteiger partial charge on any atom is -0.436 e. The Kier molecular flexibility index (Phi) is 4.43. The van der Waals surface area contributed by atoms with E-state index in [9.17, 15) is 17.7 Å². The Bertz CT molecular complexity index is 961. The van der Waals surface area contributed by atoms with Gasteiger partial charge in [-0.05, 0) is 30.3 Å². The standard InChI is InChI=1S/C16H14F3N2O3P/c1-3-25(22,23-2)11-4-5-13-12(9-11)21-15(24-13)10-6-7-20-14(8-10)16(17,18)19/h4-9H,3H2,1-2H3. The highest BCUT2D eigenvalue weighted by molar-refractivity contribution is 7.66. The zero-order valence-corrected chi connectivity index (χ0v) is 14.3. The lowest BCUT2D eigenvalue weighted by Crippen LogP contribution is -2.07. The summed E-state index contributed by atoms with van der Waals surface area (Å²) in [5, 5.41) is 0.482. The number of oxazole rings is 1. The largest absolute Gasteiger partial charge is 0.436 e. The minimum absolute atomic E-state index is 0.0313. The van der Waals surface area contributed by atoms with Gasteiger partial charge in [-0.25, -0.2) is 4.98 Å². The van der Waals surface area contributed by atoms with Crippen molar-refractivity contribution in [2.45, 2.75) is 13.1 Å². The van der Waals surface area contributed by atoms with Crippen LogP contribution in [-0.2, 0) is 15.3 Å². The molecule has 1 aromatic carbocycles. The number of hydrogen-bond acceptors (Lipinski definition) is 5. The molecule has 0 aliphatic carbocycles. The number of fused-ring (bicyclic) bond motifs is 1. The number of benzene rings is 1. The van der Waals surface area contributed by atoms with Crippen LogP contribution >= 0.6 is 7.37 Å². The Morgan fingerprint density at radius 2 is 2.00 bits per heavy atom. The molecule has 0 spiro atoms. The van der Waals surface area contributed by atoms with Gasteiger partial charge in [0.25, 0.3) is 0 Å². The predicted octanol–water partition coefficient (Wildman–Crippen LogP) is 4.48. The summed E-state index contributed by atoms with van der Waals surface area (Å²) in [7, 11) is -1.60. The van der Waals surface area contributed by atoms with Gasteiger partial charge in [0.15, 0.2) is 5.58 Å². The lowest BCUT2D eigenvalue weighted by atomic mass is 10.2. The summed E-state index contributed by atoms with van der Waals surface area (Å²) in [5.41, 5.74) is -0.0974. The zero-order valence-electron chi connectivity index (χ0n) is 13.4. The molecule has 132 valence electrons. The number of aromatic nitrogens is 2. The second-order valence-corrected chi connectivity index (χ2v) is 8.13. The molecular weight excluding hydrogens is 356 g/mol. The molecule has 2 heterocycles. The van der Waals surface area contributed by atoms with Crippen molar-refractivity contribution < 1.29 is 26.7 Å². The first kappa shape index (κ1) is 17.6. The molecule has 0 aliphatic heterocycles. The van der Waals surface area contributed by atoms with Gasteiger partial charge in [0, 0.05) is 30.3 Å². The summed E-state index contributed by atoms with van der Waals surface area (Å²) in [6.07, 6.45) is -3.19. The smallest absolute Gasteiger partial charge is 0.433 e. The van der Waals surface area contributed by atoms with E-state index in [1.54, 1.807) is 25.1 Å². The molecule has 0 fully saturated rings. The van der Waals surface area contributed by atoms with Gasteiger partial charge < -0.3 is 8.94 Å². The quantitative estimate of drug-likeness (QED) is 0.634. The van der Waals surface area contributed by atoms with Crippen molar-refractivity contribution in [3.05, 3.63) is 42.2 Å².